The summed E-state index contributed by atoms with van der Waals surface area (Å²) in [7, 11) is 0. The van der Waals surface area contributed by atoms with Crippen molar-refractivity contribution in [1.29, 1.82) is 0 Å². The van der Waals surface area contributed by atoms with E-state index >= 15 is 0 Å². The normalized spacial score (nSPS) is 10.3. The van der Waals surface area contributed by atoms with Gasteiger partial charge < -0.3 is 10.1 Å². The number of hydrogen-bond donors (Lipinski definition) is 1. The first-order valence-corrected chi connectivity index (χ1v) is 5.77. The van der Waals surface area contributed by atoms with Crippen LogP contribution in [0.25, 0.3) is 0 Å². The van der Waals surface area contributed by atoms with Crippen molar-refractivity contribution >= 4 is 17.6 Å². The maximum absolute atomic E-state index is 11.8. The van der Waals surface area contributed by atoms with Gasteiger partial charge in [0.15, 0.2) is 5.69 Å². The number of carbonyl (C=O) groups is 2. The van der Waals surface area contributed by atoms with Crippen LogP contribution in [-0.2, 0) is 4.79 Å². The standard InChI is InChI=1S/C12H15N3O4/c1-7(2)4-11(16)14-12(17)9-5-8(3)13-10(6-9)15(18)19/h5-7H,4H2,1-3H3,(H,14,16,17). The zero-order chi connectivity index (χ0) is 14.6. The van der Waals surface area contributed by atoms with E-state index in [1.165, 1.54) is 6.07 Å². The molecule has 19 heavy (non-hydrogen) atoms. The van der Waals surface area contributed by atoms with Gasteiger partial charge in [-0.05, 0) is 21.9 Å². The molecule has 0 fully saturated rings. The van der Waals surface area contributed by atoms with Crippen LogP contribution in [0.3, 0.4) is 0 Å². The van der Waals surface area contributed by atoms with E-state index in [1.54, 1.807) is 6.92 Å². The van der Waals surface area contributed by atoms with Crippen LogP contribution < -0.4 is 5.32 Å². The number of pyridine rings is 1. The van der Waals surface area contributed by atoms with Gasteiger partial charge in [0.2, 0.25) is 5.91 Å². The molecule has 0 spiro atoms. The van der Waals surface area contributed by atoms with Gasteiger partial charge >= 0.3 is 5.82 Å². The van der Waals surface area contributed by atoms with E-state index in [0.717, 1.165) is 6.07 Å². The van der Waals surface area contributed by atoms with Gasteiger partial charge in [-0.25, -0.2) is 0 Å². The van der Waals surface area contributed by atoms with E-state index < -0.39 is 22.6 Å². The molecule has 1 aromatic heterocycles. The zero-order valence-corrected chi connectivity index (χ0v) is 11.0. The number of nitrogens with zero attached hydrogens (tertiary/aromatic N) is 2. The van der Waals surface area contributed by atoms with Crippen molar-refractivity contribution in [2.24, 2.45) is 5.92 Å². The zero-order valence-electron chi connectivity index (χ0n) is 11.0. The fourth-order valence-electron chi connectivity index (χ4n) is 1.50. The maximum atomic E-state index is 11.8. The van der Waals surface area contributed by atoms with Crippen LogP contribution in [-0.4, -0.2) is 21.7 Å². The van der Waals surface area contributed by atoms with Gasteiger partial charge in [-0.1, -0.05) is 13.8 Å². The molecule has 1 aromatic rings. The number of hydrogen-bond acceptors (Lipinski definition) is 5. The average Bonchev–Trinajstić information content (AvgIpc) is 2.26. The second-order valence-corrected chi connectivity index (χ2v) is 4.59. The minimum atomic E-state index is -0.681. The Labute approximate surface area is 110 Å². The summed E-state index contributed by atoms with van der Waals surface area (Å²) in [6, 6.07) is 2.44. The Bertz CT molecular complexity index is 526. The molecule has 0 aliphatic carbocycles. The molecule has 2 amide bonds. The highest BCUT2D eigenvalue weighted by Gasteiger charge is 2.17. The van der Waals surface area contributed by atoms with Crippen molar-refractivity contribution < 1.29 is 14.5 Å². The third kappa shape index (κ3) is 4.46. The molecule has 7 heteroatoms. The molecule has 1 N–H and O–H groups in total. The molecule has 0 radical (unpaired) electrons. The third-order valence-electron chi connectivity index (χ3n) is 2.24. The predicted molar refractivity (Wildman–Crippen MR) is 67.6 cm³/mol. The van der Waals surface area contributed by atoms with Crippen LogP contribution in [0.4, 0.5) is 5.82 Å². The Hall–Kier alpha value is -2.31. The van der Waals surface area contributed by atoms with Crippen molar-refractivity contribution in [1.82, 2.24) is 10.3 Å². The van der Waals surface area contributed by atoms with Crippen LogP contribution in [0, 0.1) is 23.0 Å². The molecule has 1 heterocycles. The lowest BCUT2D eigenvalue weighted by Gasteiger charge is -2.06. The van der Waals surface area contributed by atoms with Crippen molar-refractivity contribution in [2.75, 3.05) is 0 Å². The van der Waals surface area contributed by atoms with E-state index in [2.05, 4.69) is 10.3 Å². The number of rotatable bonds is 4. The smallest absolute Gasteiger partial charge is 0.358 e. The highest BCUT2D eigenvalue weighted by Crippen LogP contribution is 2.12. The van der Waals surface area contributed by atoms with Gasteiger partial charge in [0.25, 0.3) is 5.91 Å². The topological polar surface area (TPSA) is 102 Å². The van der Waals surface area contributed by atoms with Gasteiger partial charge in [-0.2, -0.15) is 0 Å². The van der Waals surface area contributed by atoms with Gasteiger partial charge in [-0.15, -0.1) is 0 Å². The first kappa shape index (κ1) is 14.7. The molecule has 7 nitrogen and oxygen atoms in total. The first-order chi connectivity index (χ1) is 8.79. The third-order valence-corrected chi connectivity index (χ3v) is 2.24. The monoisotopic (exact) mass is 265 g/mol. The number of nitrogens with one attached hydrogen (secondary N) is 1. The van der Waals surface area contributed by atoms with E-state index in [1.807, 2.05) is 13.8 Å². The molecule has 0 atom stereocenters. The van der Waals surface area contributed by atoms with Gasteiger partial charge in [0.1, 0.15) is 0 Å². The van der Waals surface area contributed by atoms with Gasteiger partial charge in [0, 0.05) is 19.4 Å². The van der Waals surface area contributed by atoms with Crippen LogP contribution in [0.5, 0.6) is 0 Å². The van der Waals surface area contributed by atoms with Crippen LogP contribution in [0.15, 0.2) is 12.1 Å². The predicted octanol–water partition coefficient (Wildman–Crippen LogP) is 1.60. The maximum Gasteiger partial charge on any atom is 0.364 e. The number of imide groups is 1. The second kappa shape index (κ2) is 6.03. The summed E-state index contributed by atoms with van der Waals surface area (Å²) < 4.78 is 0. The Kier molecular flexibility index (Phi) is 4.68. The first-order valence-electron chi connectivity index (χ1n) is 5.77. The fraction of sp³-hybridized carbons (Fsp3) is 0.417. The number of carbonyl (C=O) groups excluding carboxylic acids is 2. The number of amides is 2. The fourth-order valence-corrected chi connectivity index (χ4v) is 1.50. The number of aryl methyl sites for hydroxylation is 1. The molecular formula is C12H15N3O4. The van der Waals surface area contributed by atoms with E-state index in [0.29, 0.717) is 5.69 Å². The highest BCUT2D eigenvalue weighted by molar-refractivity contribution is 6.04. The molecule has 0 aliphatic rings. The summed E-state index contributed by atoms with van der Waals surface area (Å²) in [6.45, 7) is 5.25. The highest BCUT2D eigenvalue weighted by atomic mass is 16.6. The van der Waals surface area contributed by atoms with Crippen LogP contribution in [0.2, 0.25) is 0 Å². The molecule has 1 rings (SSSR count). The summed E-state index contributed by atoms with van der Waals surface area (Å²) in [4.78, 5) is 36.9. The molecular weight excluding hydrogens is 250 g/mol. The minimum absolute atomic E-state index is 0.0521. The van der Waals surface area contributed by atoms with Gasteiger partial charge in [0.05, 0.1) is 5.56 Å². The lowest BCUT2D eigenvalue weighted by molar-refractivity contribution is -0.389. The van der Waals surface area contributed by atoms with Crippen LogP contribution >= 0.6 is 0 Å². The molecule has 102 valence electrons. The summed E-state index contributed by atoms with van der Waals surface area (Å²) in [5.41, 5.74) is 0.395. The summed E-state index contributed by atoms with van der Waals surface area (Å²) in [5.74, 6) is -1.35. The second-order valence-electron chi connectivity index (χ2n) is 4.59. The van der Waals surface area contributed by atoms with Crippen molar-refractivity contribution in [3.63, 3.8) is 0 Å². The Morgan fingerprint density at radius 3 is 2.58 bits per heavy atom. The average molecular weight is 265 g/mol. The minimum Gasteiger partial charge on any atom is -0.358 e. The lowest BCUT2D eigenvalue weighted by atomic mass is 10.1. The Morgan fingerprint density at radius 2 is 2.05 bits per heavy atom. The Morgan fingerprint density at radius 1 is 1.42 bits per heavy atom. The number of nitro groups is 1. The lowest BCUT2D eigenvalue weighted by Crippen LogP contribution is -2.31. The van der Waals surface area contributed by atoms with E-state index in [9.17, 15) is 19.7 Å². The van der Waals surface area contributed by atoms with Crippen molar-refractivity contribution in [3.05, 3.63) is 33.5 Å². The summed E-state index contributed by atoms with van der Waals surface area (Å²) >= 11 is 0. The van der Waals surface area contributed by atoms with Crippen molar-refractivity contribution in [3.8, 4) is 0 Å². The SMILES string of the molecule is Cc1cc(C(=O)NC(=O)CC(C)C)cc([N+](=O)[O-])n1. The molecule has 0 saturated carbocycles. The molecule has 0 aromatic carbocycles. The van der Waals surface area contributed by atoms with Crippen molar-refractivity contribution in [2.45, 2.75) is 27.2 Å². The quantitative estimate of drug-likeness (QED) is 0.658. The molecule has 0 unspecified atom stereocenters. The number of aromatic nitrogens is 1. The van der Waals surface area contributed by atoms with E-state index in [-0.39, 0.29) is 17.9 Å². The van der Waals surface area contributed by atoms with E-state index in [4.69, 9.17) is 0 Å². The summed E-state index contributed by atoms with van der Waals surface area (Å²) in [5, 5.41) is 12.8. The summed E-state index contributed by atoms with van der Waals surface area (Å²) in [6.07, 6.45) is 0.220. The molecule has 0 saturated heterocycles. The molecule has 0 bridgehead atoms. The largest absolute Gasteiger partial charge is 0.364 e. The van der Waals surface area contributed by atoms with Gasteiger partial charge in [-0.3, -0.25) is 14.9 Å². The molecule has 0 aliphatic heterocycles. The Balaban J connectivity index is 2.88. The van der Waals surface area contributed by atoms with Crippen LogP contribution in [0.1, 0.15) is 36.3 Å².